The van der Waals surface area contributed by atoms with Crippen molar-refractivity contribution in [3.8, 4) is 0 Å². The largest absolute Gasteiger partial charge is 0.472 e. The highest BCUT2D eigenvalue weighted by molar-refractivity contribution is 7.47. The summed E-state index contributed by atoms with van der Waals surface area (Å²) in [6.45, 7) is 2.43. The van der Waals surface area contributed by atoms with Gasteiger partial charge in [-0.25, -0.2) is 9.13 Å². The molecule has 0 spiro atoms. The Morgan fingerprint density at radius 2 is 0.453 bits per heavy atom. The third-order valence-electron chi connectivity index (χ3n) is 19.1. The number of carbonyl (C=O) groups is 3. The third-order valence-corrected chi connectivity index (χ3v) is 21.0. The van der Waals surface area contributed by atoms with E-state index < -0.39 is 91.5 Å². The van der Waals surface area contributed by atoms with Crippen LogP contribution in [0.3, 0.4) is 0 Å². The van der Waals surface area contributed by atoms with Gasteiger partial charge in [0.05, 0.1) is 26.4 Å². The second-order valence-corrected chi connectivity index (χ2v) is 33.2. The van der Waals surface area contributed by atoms with E-state index in [0.29, 0.717) is 19.3 Å². The van der Waals surface area contributed by atoms with E-state index >= 15 is 0 Å². The maximum absolute atomic E-state index is 13.1. The normalized spacial score (nSPS) is 14.6. The number of rotatable bonds is 86. The van der Waals surface area contributed by atoms with E-state index in [0.717, 1.165) is 180 Å². The van der Waals surface area contributed by atoms with E-state index in [4.69, 9.17) is 32.3 Å². The molecule has 0 bridgehead atoms. The van der Waals surface area contributed by atoms with E-state index in [1.807, 2.05) is 0 Å². The molecule has 0 radical (unpaired) electrons. The molecular formula is C99H166O16P2. The lowest BCUT2D eigenvalue weighted by atomic mass is 10.0. The lowest BCUT2D eigenvalue weighted by Gasteiger charge is -2.21. The van der Waals surface area contributed by atoms with Crippen LogP contribution in [0.15, 0.2) is 182 Å². The number of allylic oxidation sites excluding steroid dienone is 30. The van der Waals surface area contributed by atoms with Gasteiger partial charge in [-0.15, -0.1) is 0 Å². The van der Waals surface area contributed by atoms with E-state index in [1.54, 1.807) is 0 Å². The van der Waals surface area contributed by atoms with Crippen LogP contribution in [0.4, 0.5) is 0 Å². The van der Waals surface area contributed by atoms with Crippen LogP contribution in [0.2, 0.25) is 0 Å². The summed E-state index contributed by atoms with van der Waals surface area (Å²) < 4.78 is 61.5. The summed E-state index contributed by atoms with van der Waals surface area (Å²) in [6, 6.07) is 0. The van der Waals surface area contributed by atoms with Gasteiger partial charge in [0.15, 0.2) is 6.10 Å². The summed E-state index contributed by atoms with van der Waals surface area (Å²) in [6.07, 6.45) is 118. The number of phosphoric acid groups is 2. The predicted molar refractivity (Wildman–Crippen MR) is 491 cm³/mol. The van der Waals surface area contributed by atoms with Gasteiger partial charge in [-0.1, -0.05) is 370 Å². The fourth-order valence-corrected chi connectivity index (χ4v) is 13.8. The molecule has 0 heterocycles. The maximum Gasteiger partial charge on any atom is 0.472 e. The average molecular weight is 1670 g/mol. The second kappa shape index (κ2) is 89.9. The van der Waals surface area contributed by atoms with E-state index in [1.165, 1.54) is 128 Å². The van der Waals surface area contributed by atoms with Gasteiger partial charge < -0.3 is 34.2 Å². The number of hydrogen-bond donors (Lipinski definition) is 4. The van der Waals surface area contributed by atoms with Crippen molar-refractivity contribution in [3.05, 3.63) is 182 Å². The Morgan fingerprint density at radius 1 is 0.248 bits per heavy atom. The molecule has 117 heavy (non-hydrogen) atoms. The molecule has 668 valence electrons. The summed E-state index contributed by atoms with van der Waals surface area (Å²) in [7, 11) is -9.82. The summed E-state index contributed by atoms with van der Waals surface area (Å²) >= 11 is 0. The van der Waals surface area contributed by atoms with Crippen LogP contribution in [0, 0.1) is 0 Å². The van der Waals surface area contributed by atoms with Crippen molar-refractivity contribution >= 4 is 33.6 Å². The first-order valence-corrected chi connectivity index (χ1v) is 49.1. The molecule has 5 unspecified atom stereocenters. The Labute approximate surface area is 713 Å². The number of aliphatic hydroxyl groups is 2. The van der Waals surface area contributed by atoms with Gasteiger partial charge in [0.25, 0.3) is 0 Å². The minimum absolute atomic E-state index is 0.0774. The van der Waals surface area contributed by atoms with Gasteiger partial charge in [0.2, 0.25) is 0 Å². The van der Waals surface area contributed by atoms with Gasteiger partial charge >= 0.3 is 33.6 Å². The van der Waals surface area contributed by atoms with Gasteiger partial charge in [0, 0.05) is 19.3 Å². The molecule has 16 nitrogen and oxygen atoms in total. The van der Waals surface area contributed by atoms with Crippen LogP contribution < -0.4 is 0 Å². The van der Waals surface area contributed by atoms with Crippen LogP contribution in [-0.2, 0) is 55.8 Å². The van der Waals surface area contributed by atoms with Crippen LogP contribution in [0.1, 0.15) is 367 Å². The summed E-state index contributed by atoms with van der Waals surface area (Å²) in [5, 5.41) is 20.7. The Bertz CT molecular complexity index is 2860. The molecule has 0 fully saturated rings. The monoisotopic (exact) mass is 1670 g/mol. The molecule has 0 aliphatic carbocycles. The molecule has 0 rings (SSSR count). The minimum atomic E-state index is -4.95. The predicted octanol–water partition coefficient (Wildman–Crippen LogP) is 28.4. The van der Waals surface area contributed by atoms with Crippen LogP contribution in [-0.4, -0.2) is 95.9 Å². The Morgan fingerprint density at radius 3 is 0.718 bits per heavy atom. The zero-order chi connectivity index (χ0) is 85.1. The summed E-state index contributed by atoms with van der Waals surface area (Å²) in [4.78, 5) is 59.0. The number of ether oxygens (including phenoxy) is 3. The topological polar surface area (TPSA) is 231 Å². The maximum atomic E-state index is 13.1. The number of hydrogen-bond acceptors (Lipinski definition) is 14. The Balaban J connectivity index is 4.62. The number of aliphatic hydroxyl groups excluding tert-OH is 2. The molecule has 0 amide bonds. The van der Waals surface area contributed by atoms with Crippen molar-refractivity contribution in [1.82, 2.24) is 0 Å². The number of unbranched alkanes of at least 4 members (excludes halogenated alkanes) is 33. The number of carbonyl (C=O) groups excluding carboxylic acids is 3. The van der Waals surface area contributed by atoms with E-state index in [-0.39, 0.29) is 19.3 Å². The fraction of sp³-hybridized carbons (Fsp3) is 0.667. The van der Waals surface area contributed by atoms with Crippen LogP contribution in [0.5, 0.6) is 0 Å². The fourth-order valence-electron chi connectivity index (χ4n) is 12.2. The van der Waals surface area contributed by atoms with Crippen molar-refractivity contribution in [3.63, 3.8) is 0 Å². The minimum Gasteiger partial charge on any atom is -0.463 e. The van der Waals surface area contributed by atoms with Crippen molar-refractivity contribution in [2.45, 2.75) is 386 Å². The molecule has 4 N–H and O–H groups in total. The molecular weight excluding hydrogens is 1510 g/mol. The molecule has 0 saturated carbocycles. The highest BCUT2D eigenvalue weighted by Gasteiger charge is 2.29. The molecule has 0 aliphatic rings. The van der Waals surface area contributed by atoms with Crippen molar-refractivity contribution in [2.75, 3.05) is 39.6 Å². The highest BCUT2D eigenvalue weighted by atomic mass is 31.2. The lowest BCUT2D eigenvalue weighted by Crippen LogP contribution is -2.30. The molecule has 0 aliphatic heterocycles. The molecule has 0 saturated heterocycles. The van der Waals surface area contributed by atoms with Gasteiger partial charge in [0.1, 0.15) is 25.4 Å². The highest BCUT2D eigenvalue weighted by Crippen LogP contribution is 2.45. The molecule has 18 heteroatoms. The first-order chi connectivity index (χ1) is 57.2. The first kappa shape index (κ1) is 112. The van der Waals surface area contributed by atoms with Crippen molar-refractivity contribution < 1.29 is 75.8 Å². The number of esters is 3. The molecule has 0 aromatic heterocycles. The van der Waals surface area contributed by atoms with Gasteiger partial charge in [-0.05, 0) is 161 Å². The average Bonchev–Trinajstić information content (AvgIpc) is 0.899. The third kappa shape index (κ3) is 91.2. The van der Waals surface area contributed by atoms with E-state index in [2.05, 4.69) is 203 Å². The number of phosphoric ester groups is 2. The SMILES string of the molecule is CC/C=C\C/C=C\C/C=C\C/C=C\C/C=C\C/C=C\CCCCCCCCCCCCCCC(=O)OCC(O)COP(=O)(O)OCC(O)COP(=O)(O)OCC(COC(=O)CCCCCCCCCCCCCCC/C=C\C/C=C\C/C=C\C/C=C\CCCCC)OC(=O)CCCCCCC/C=C\C/C=C\C/C=C\C/C=C\C/C=C\CC. The van der Waals surface area contributed by atoms with Gasteiger partial charge in [-0.3, -0.25) is 32.5 Å². The quantitative estimate of drug-likeness (QED) is 0.0146. The van der Waals surface area contributed by atoms with Crippen molar-refractivity contribution in [2.24, 2.45) is 0 Å². The van der Waals surface area contributed by atoms with Crippen LogP contribution in [0.25, 0.3) is 0 Å². The van der Waals surface area contributed by atoms with Crippen molar-refractivity contribution in [1.29, 1.82) is 0 Å². The zero-order valence-electron chi connectivity index (χ0n) is 73.6. The molecule has 0 aromatic rings. The zero-order valence-corrected chi connectivity index (χ0v) is 75.4. The molecule has 5 atom stereocenters. The Kier molecular flexibility index (Phi) is 85.8. The van der Waals surface area contributed by atoms with Gasteiger partial charge in [-0.2, -0.15) is 0 Å². The lowest BCUT2D eigenvalue weighted by molar-refractivity contribution is -0.161. The summed E-state index contributed by atoms with van der Waals surface area (Å²) in [5.74, 6) is -1.60. The smallest absolute Gasteiger partial charge is 0.463 e. The van der Waals surface area contributed by atoms with E-state index in [9.17, 15) is 43.5 Å². The molecule has 0 aromatic carbocycles. The summed E-state index contributed by atoms with van der Waals surface area (Å²) in [5.41, 5.74) is 0. The Hall–Kier alpha value is -5.35. The standard InChI is InChI=1S/C99H166O16P2/c1-4-7-10-13-16-19-22-25-28-31-34-37-39-41-43-45-46-48-50-51-53-56-58-61-64-67-70-73-76-79-82-85-97(102)109-88-94(100)89-111-116(105,106)112-90-95(101)91-113-117(107,108)114-93-96(115-99(104)87-84-81-78-75-72-69-66-63-60-55-36-33-30-27-24-21-18-15-12-9-6-3)92-110-98(103)86-83-80-77-74-71-68-65-62-59-57-54-52-49-47-44-42-40-38-35-32-29-26-23-20-17-14-11-8-5-2/h7,9-10,12,16-21,25-30,34-38,41-44,46,48,55,63,66,94-96,100-101H,4-6,8,11,13-15,22-24,31-33,39-40,45,47,49-54,56-62,64-65,67-93H2,1-3H3,(H,105,106)(H,107,108)/b10-7-,12-9-,19-16-,20-17-,21-18-,28-25-,29-26-,30-27-,37-34-,38-35-,43-41-,44-42-,48-46-,55-36-,66-63-. The first-order valence-electron chi connectivity index (χ1n) is 46.1. The van der Waals surface area contributed by atoms with Crippen LogP contribution >= 0.6 is 15.6 Å². The second-order valence-electron chi connectivity index (χ2n) is 30.3.